The predicted octanol–water partition coefficient (Wildman–Crippen LogP) is 1.90. The number of hydrogen-bond donors (Lipinski definition) is 2. The average molecular weight is 312 g/mol. The zero-order valence-corrected chi connectivity index (χ0v) is 11.8. The molecule has 0 aliphatic carbocycles. The van der Waals surface area contributed by atoms with Gasteiger partial charge in [0.15, 0.2) is 0 Å². The highest BCUT2D eigenvalue weighted by Crippen LogP contribution is 2.16. The molecule has 2 aromatic carbocycles. The second-order valence-corrected chi connectivity index (χ2v) is 6.11. The van der Waals surface area contributed by atoms with Gasteiger partial charge in [-0.05, 0) is 23.3 Å². The monoisotopic (exact) mass is 312 g/mol. The minimum absolute atomic E-state index is 0.0213. The maximum absolute atomic E-state index is 13.5. The van der Waals surface area contributed by atoms with Crippen molar-refractivity contribution in [2.45, 2.75) is 18.0 Å². The topological polar surface area (TPSA) is 72.2 Å². The highest BCUT2D eigenvalue weighted by atomic mass is 32.2. The fourth-order valence-corrected chi connectivity index (χ4v) is 2.94. The van der Waals surface area contributed by atoms with E-state index in [0.29, 0.717) is 11.6 Å². The Hall–Kier alpha value is -1.83. The molecule has 0 heterocycles. The van der Waals surface area contributed by atoms with Gasteiger partial charge in [-0.25, -0.2) is 21.9 Å². The quantitative estimate of drug-likeness (QED) is 0.886. The van der Waals surface area contributed by atoms with Gasteiger partial charge in [-0.1, -0.05) is 24.3 Å². The standard InChI is InChI=1S/C14H14F2N2O2S/c15-12-5-6-14(13(16)7-12)21(19,20)18-9-11-4-2-1-3-10(11)8-17/h1-7,18H,8-9,17H2. The van der Waals surface area contributed by atoms with E-state index in [2.05, 4.69) is 4.72 Å². The fourth-order valence-electron chi connectivity index (χ4n) is 1.87. The smallest absolute Gasteiger partial charge is 0.243 e. The summed E-state index contributed by atoms with van der Waals surface area (Å²) in [5.74, 6) is -1.96. The van der Waals surface area contributed by atoms with Gasteiger partial charge < -0.3 is 5.73 Å². The molecule has 0 fully saturated rings. The summed E-state index contributed by atoms with van der Waals surface area (Å²) >= 11 is 0. The molecule has 4 nitrogen and oxygen atoms in total. The van der Waals surface area contributed by atoms with Crippen molar-refractivity contribution in [1.82, 2.24) is 4.72 Å². The van der Waals surface area contributed by atoms with Crippen LogP contribution in [0.1, 0.15) is 11.1 Å². The van der Waals surface area contributed by atoms with Crippen molar-refractivity contribution in [3.63, 3.8) is 0 Å². The second-order valence-electron chi connectivity index (χ2n) is 4.37. The average Bonchev–Trinajstić information content (AvgIpc) is 2.45. The van der Waals surface area contributed by atoms with Crippen molar-refractivity contribution in [2.75, 3.05) is 0 Å². The van der Waals surface area contributed by atoms with Gasteiger partial charge in [0.1, 0.15) is 16.5 Å². The van der Waals surface area contributed by atoms with Gasteiger partial charge in [0.05, 0.1) is 0 Å². The summed E-state index contributed by atoms with van der Waals surface area (Å²) in [6, 6.07) is 9.37. The zero-order valence-electron chi connectivity index (χ0n) is 11.0. The van der Waals surface area contributed by atoms with Crippen molar-refractivity contribution in [3.8, 4) is 0 Å². The Morgan fingerprint density at radius 3 is 2.33 bits per heavy atom. The van der Waals surface area contributed by atoms with Crippen LogP contribution in [0.15, 0.2) is 47.4 Å². The molecule has 0 bridgehead atoms. The summed E-state index contributed by atoms with van der Waals surface area (Å²) in [5.41, 5.74) is 7.05. The molecule has 0 saturated heterocycles. The number of rotatable bonds is 5. The van der Waals surface area contributed by atoms with Crippen LogP contribution in [0.2, 0.25) is 0 Å². The summed E-state index contributed by atoms with van der Waals surface area (Å²) in [6.07, 6.45) is 0. The molecular formula is C14H14F2N2O2S. The maximum Gasteiger partial charge on any atom is 0.243 e. The first-order chi connectivity index (χ1) is 9.94. The SMILES string of the molecule is NCc1ccccc1CNS(=O)(=O)c1ccc(F)cc1F. The lowest BCUT2D eigenvalue weighted by Crippen LogP contribution is -2.25. The first-order valence-corrected chi connectivity index (χ1v) is 7.64. The van der Waals surface area contributed by atoms with E-state index in [9.17, 15) is 17.2 Å². The molecule has 21 heavy (non-hydrogen) atoms. The van der Waals surface area contributed by atoms with Crippen molar-refractivity contribution >= 4 is 10.0 Å². The van der Waals surface area contributed by atoms with E-state index in [1.807, 2.05) is 0 Å². The second kappa shape index (κ2) is 6.30. The van der Waals surface area contributed by atoms with E-state index in [4.69, 9.17) is 5.73 Å². The molecule has 0 atom stereocenters. The van der Waals surface area contributed by atoms with Gasteiger partial charge in [0.25, 0.3) is 0 Å². The van der Waals surface area contributed by atoms with Gasteiger partial charge in [-0.2, -0.15) is 0 Å². The van der Waals surface area contributed by atoms with Gasteiger partial charge >= 0.3 is 0 Å². The largest absolute Gasteiger partial charge is 0.326 e. The van der Waals surface area contributed by atoms with Crippen molar-refractivity contribution < 1.29 is 17.2 Å². The molecule has 0 radical (unpaired) electrons. The Bertz CT molecular complexity index is 748. The predicted molar refractivity (Wildman–Crippen MR) is 74.7 cm³/mol. The van der Waals surface area contributed by atoms with Gasteiger partial charge in [-0.15, -0.1) is 0 Å². The molecule has 2 rings (SSSR count). The van der Waals surface area contributed by atoms with Gasteiger partial charge in [0, 0.05) is 19.2 Å². The Kier molecular flexibility index (Phi) is 4.66. The third-order valence-corrected chi connectivity index (χ3v) is 4.41. The Morgan fingerprint density at radius 2 is 1.71 bits per heavy atom. The molecule has 0 aliphatic heterocycles. The lowest BCUT2D eigenvalue weighted by atomic mass is 10.1. The third kappa shape index (κ3) is 3.63. The lowest BCUT2D eigenvalue weighted by molar-refractivity contribution is 0.543. The van der Waals surface area contributed by atoms with Crippen LogP contribution in [-0.4, -0.2) is 8.42 Å². The van der Waals surface area contributed by atoms with E-state index >= 15 is 0 Å². The summed E-state index contributed by atoms with van der Waals surface area (Å²) in [4.78, 5) is -0.589. The van der Waals surface area contributed by atoms with Gasteiger partial charge in [0.2, 0.25) is 10.0 Å². The van der Waals surface area contributed by atoms with Crippen LogP contribution < -0.4 is 10.5 Å². The molecule has 0 spiro atoms. The third-order valence-electron chi connectivity index (χ3n) is 2.97. The Morgan fingerprint density at radius 1 is 1.05 bits per heavy atom. The molecular weight excluding hydrogens is 298 g/mol. The number of sulfonamides is 1. The fraction of sp³-hybridized carbons (Fsp3) is 0.143. The molecule has 112 valence electrons. The van der Waals surface area contributed by atoms with Crippen molar-refractivity contribution in [1.29, 1.82) is 0 Å². The Labute approximate surface area is 121 Å². The summed E-state index contributed by atoms with van der Waals surface area (Å²) in [6.45, 7) is 0.245. The van der Waals surface area contributed by atoms with Crippen LogP contribution in [0.25, 0.3) is 0 Å². The molecule has 0 saturated carbocycles. The molecule has 3 N–H and O–H groups in total. The van der Waals surface area contributed by atoms with E-state index in [-0.39, 0.29) is 13.1 Å². The summed E-state index contributed by atoms with van der Waals surface area (Å²) in [7, 11) is -4.06. The molecule has 0 unspecified atom stereocenters. The number of nitrogens with one attached hydrogen (secondary N) is 1. The van der Waals surface area contributed by atoms with Crippen LogP contribution in [0.5, 0.6) is 0 Å². The highest BCUT2D eigenvalue weighted by molar-refractivity contribution is 7.89. The number of hydrogen-bond acceptors (Lipinski definition) is 3. The molecule has 7 heteroatoms. The highest BCUT2D eigenvalue weighted by Gasteiger charge is 2.19. The molecule has 0 aromatic heterocycles. The van der Waals surface area contributed by atoms with Crippen LogP contribution >= 0.6 is 0 Å². The van der Waals surface area contributed by atoms with E-state index in [0.717, 1.165) is 17.7 Å². The minimum Gasteiger partial charge on any atom is -0.326 e. The maximum atomic E-state index is 13.5. The van der Waals surface area contributed by atoms with Crippen LogP contribution in [0.3, 0.4) is 0 Å². The first kappa shape index (κ1) is 15.6. The molecule has 0 amide bonds. The Balaban J connectivity index is 2.22. The lowest BCUT2D eigenvalue weighted by Gasteiger charge is -2.10. The normalized spacial score (nSPS) is 11.6. The zero-order chi connectivity index (χ0) is 15.5. The summed E-state index contributed by atoms with van der Waals surface area (Å²) < 4.78 is 52.7. The number of benzene rings is 2. The molecule has 2 aromatic rings. The van der Waals surface area contributed by atoms with Crippen LogP contribution in [0.4, 0.5) is 8.78 Å². The number of halogens is 2. The van der Waals surface area contributed by atoms with E-state index in [1.54, 1.807) is 24.3 Å². The van der Waals surface area contributed by atoms with E-state index < -0.39 is 26.6 Å². The van der Waals surface area contributed by atoms with Gasteiger partial charge in [-0.3, -0.25) is 0 Å². The van der Waals surface area contributed by atoms with Crippen molar-refractivity contribution in [3.05, 3.63) is 65.2 Å². The molecule has 0 aliphatic rings. The first-order valence-electron chi connectivity index (χ1n) is 6.15. The summed E-state index contributed by atoms with van der Waals surface area (Å²) in [5, 5.41) is 0. The van der Waals surface area contributed by atoms with Crippen LogP contribution in [-0.2, 0) is 23.1 Å². The van der Waals surface area contributed by atoms with Crippen LogP contribution in [0, 0.1) is 11.6 Å². The number of nitrogens with two attached hydrogens (primary N) is 1. The van der Waals surface area contributed by atoms with Crippen molar-refractivity contribution in [2.24, 2.45) is 5.73 Å². The van der Waals surface area contributed by atoms with E-state index in [1.165, 1.54) is 0 Å². The minimum atomic E-state index is -4.06.